The molecule has 3 aromatic carbocycles. The largest absolute Gasteiger partial charge is 0.507 e. The van der Waals surface area contributed by atoms with Crippen molar-refractivity contribution in [2.45, 2.75) is 13.0 Å². The van der Waals surface area contributed by atoms with Gasteiger partial charge in [0.15, 0.2) is 5.13 Å². The number of rotatable bonds is 4. The van der Waals surface area contributed by atoms with Crippen molar-refractivity contribution in [3.63, 3.8) is 0 Å². The first-order valence-electron chi connectivity index (χ1n) is 10.4. The molecule has 1 amide bonds. The topological polar surface area (TPSA) is 79.7 Å². The Balaban J connectivity index is 1.76. The third kappa shape index (κ3) is 3.47. The second-order valence-corrected chi connectivity index (χ2v) is 8.75. The van der Waals surface area contributed by atoms with E-state index in [1.165, 1.54) is 23.3 Å². The minimum absolute atomic E-state index is 0.00705. The highest BCUT2D eigenvalue weighted by Crippen LogP contribution is 2.46. The molecule has 5 rings (SSSR count). The summed E-state index contributed by atoms with van der Waals surface area (Å²) in [6.45, 7) is 1.94. The maximum atomic E-state index is 13.3. The van der Waals surface area contributed by atoms with Gasteiger partial charge in [0.2, 0.25) is 0 Å². The van der Waals surface area contributed by atoms with Crippen LogP contribution in [-0.4, -0.2) is 28.9 Å². The molecule has 1 aromatic heterocycles. The Bertz CT molecular complexity index is 1390. The molecule has 0 bridgehead atoms. The van der Waals surface area contributed by atoms with Gasteiger partial charge in [-0.3, -0.25) is 14.5 Å². The van der Waals surface area contributed by atoms with E-state index in [0.717, 1.165) is 15.8 Å². The first kappa shape index (κ1) is 20.9. The molecule has 164 valence electrons. The fourth-order valence-corrected chi connectivity index (χ4v) is 5.04. The number of carbonyl (C=O) groups excluding carboxylic acids is 2. The number of nitrogens with zero attached hydrogens (tertiary/aromatic N) is 2. The number of aliphatic hydroxyl groups is 1. The lowest BCUT2D eigenvalue weighted by Crippen LogP contribution is -2.29. The van der Waals surface area contributed by atoms with Crippen molar-refractivity contribution < 1.29 is 19.4 Å². The quantitative estimate of drug-likeness (QED) is 0.258. The lowest BCUT2D eigenvalue weighted by Gasteiger charge is -2.24. The van der Waals surface area contributed by atoms with Gasteiger partial charge < -0.3 is 9.84 Å². The van der Waals surface area contributed by atoms with Crippen LogP contribution in [0, 0.1) is 6.92 Å². The van der Waals surface area contributed by atoms with E-state index in [0.29, 0.717) is 22.0 Å². The molecule has 1 fully saturated rings. The van der Waals surface area contributed by atoms with Gasteiger partial charge in [-0.05, 0) is 25.1 Å². The number of hydrogen-bond donors (Lipinski definition) is 1. The van der Waals surface area contributed by atoms with Gasteiger partial charge in [-0.25, -0.2) is 4.98 Å². The first-order chi connectivity index (χ1) is 16.0. The number of methoxy groups -OCH3 is 1. The van der Waals surface area contributed by atoms with Crippen LogP contribution in [0.1, 0.15) is 22.7 Å². The Morgan fingerprint density at radius 2 is 1.70 bits per heavy atom. The molecule has 0 spiro atoms. The van der Waals surface area contributed by atoms with Gasteiger partial charge in [0, 0.05) is 11.1 Å². The van der Waals surface area contributed by atoms with E-state index in [4.69, 9.17) is 4.74 Å². The van der Waals surface area contributed by atoms with Crippen LogP contribution >= 0.6 is 11.3 Å². The number of benzene rings is 3. The van der Waals surface area contributed by atoms with Gasteiger partial charge in [-0.15, -0.1) is 0 Å². The van der Waals surface area contributed by atoms with Crippen molar-refractivity contribution in [3.05, 3.63) is 95.1 Å². The fraction of sp³-hybridized carbons (Fsp3) is 0.115. The molecule has 1 atom stereocenters. The Labute approximate surface area is 194 Å². The Hall–Kier alpha value is -3.97. The van der Waals surface area contributed by atoms with Gasteiger partial charge in [0.05, 0.1) is 22.9 Å². The molecular formula is C26H20N2O4S. The number of amides is 1. The maximum absolute atomic E-state index is 13.3. The molecular weight excluding hydrogens is 436 g/mol. The van der Waals surface area contributed by atoms with Gasteiger partial charge in [-0.1, -0.05) is 71.5 Å². The highest BCUT2D eigenvalue weighted by molar-refractivity contribution is 7.22. The highest BCUT2D eigenvalue weighted by atomic mass is 32.1. The Kier molecular flexibility index (Phi) is 5.18. The summed E-state index contributed by atoms with van der Waals surface area (Å²) in [6.07, 6.45) is 0. The van der Waals surface area contributed by atoms with Crippen molar-refractivity contribution in [1.29, 1.82) is 0 Å². The number of aliphatic hydroxyl groups excluding tert-OH is 1. The number of fused-ring (bicyclic) bond motifs is 1. The minimum Gasteiger partial charge on any atom is -0.507 e. The smallest absolute Gasteiger partial charge is 0.301 e. The zero-order chi connectivity index (χ0) is 23.1. The average Bonchev–Trinajstić information content (AvgIpc) is 3.37. The monoisotopic (exact) mass is 456 g/mol. The van der Waals surface area contributed by atoms with E-state index in [1.54, 1.807) is 24.3 Å². The number of ether oxygens (including phenoxy) is 1. The predicted octanol–water partition coefficient (Wildman–Crippen LogP) is 5.24. The summed E-state index contributed by atoms with van der Waals surface area (Å²) in [7, 11) is 1.53. The van der Waals surface area contributed by atoms with Gasteiger partial charge in [-0.2, -0.15) is 0 Å². The SMILES string of the molecule is COc1ccccc1[C@@H]1/C(=C(\O)c2ccc(C)cc2)C(=O)C(=O)N1c1nc2ccccc2s1. The zero-order valence-corrected chi connectivity index (χ0v) is 18.8. The third-order valence-electron chi connectivity index (χ3n) is 5.69. The van der Waals surface area contributed by atoms with Crippen LogP contribution in [0.3, 0.4) is 0 Å². The first-order valence-corrected chi connectivity index (χ1v) is 11.2. The fourth-order valence-electron chi connectivity index (χ4n) is 4.05. The summed E-state index contributed by atoms with van der Waals surface area (Å²) in [6, 6.07) is 21.0. The van der Waals surface area contributed by atoms with E-state index in [1.807, 2.05) is 55.5 Å². The molecule has 1 saturated heterocycles. The van der Waals surface area contributed by atoms with Gasteiger partial charge in [0.25, 0.3) is 5.78 Å². The molecule has 33 heavy (non-hydrogen) atoms. The van der Waals surface area contributed by atoms with Crippen molar-refractivity contribution in [1.82, 2.24) is 4.98 Å². The molecule has 1 N–H and O–H groups in total. The van der Waals surface area contributed by atoms with Gasteiger partial charge >= 0.3 is 5.91 Å². The second-order valence-electron chi connectivity index (χ2n) is 7.74. The minimum atomic E-state index is -0.886. The predicted molar refractivity (Wildman–Crippen MR) is 129 cm³/mol. The number of Topliss-reactive ketones (excluding diaryl/α,β-unsaturated/α-hetero) is 1. The maximum Gasteiger partial charge on any atom is 0.301 e. The average molecular weight is 457 g/mol. The molecule has 0 saturated carbocycles. The van der Waals surface area contributed by atoms with Crippen LogP contribution < -0.4 is 9.64 Å². The van der Waals surface area contributed by atoms with Crippen molar-refractivity contribution in [2.75, 3.05) is 12.0 Å². The molecule has 4 aromatic rings. The number of aryl methyl sites for hydroxylation is 1. The zero-order valence-electron chi connectivity index (χ0n) is 18.0. The number of thiazole rings is 1. The summed E-state index contributed by atoms with van der Waals surface area (Å²) in [5, 5.41) is 11.6. The second kappa shape index (κ2) is 8.18. The number of carbonyl (C=O) groups is 2. The molecule has 0 unspecified atom stereocenters. The number of ketones is 1. The van der Waals surface area contributed by atoms with Crippen LogP contribution in [0.25, 0.3) is 16.0 Å². The van der Waals surface area contributed by atoms with Gasteiger partial charge in [0.1, 0.15) is 17.6 Å². The highest BCUT2D eigenvalue weighted by Gasteiger charge is 2.49. The van der Waals surface area contributed by atoms with Crippen LogP contribution in [0.2, 0.25) is 0 Å². The summed E-state index contributed by atoms with van der Waals surface area (Å²) in [5.74, 6) is -1.22. The molecule has 0 aliphatic carbocycles. The Morgan fingerprint density at radius 3 is 2.42 bits per heavy atom. The van der Waals surface area contributed by atoms with Crippen molar-refractivity contribution in [2.24, 2.45) is 0 Å². The molecule has 7 heteroatoms. The van der Waals surface area contributed by atoms with Crippen molar-refractivity contribution >= 4 is 44.1 Å². The van der Waals surface area contributed by atoms with Crippen LogP contribution in [-0.2, 0) is 9.59 Å². The number of hydrogen-bond acceptors (Lipinski definition) is 6. The van der Waals surface area contributed by atoms with E-state index >= 15 is 0 Å². The molecule has 1 aliphatic heterocycles. The number of para-hydroxylation sites is 2. The summed E-state index contributed by atoms with van der Waals surface area (Å²) in [5.41, 5.74) is 2.81. The molecule has 1 aliphatic rings. The summed E-state index contributed by atoms with van der Waals surface area (Å²) in [4.78, 5) is 32.6. The van der Waals surface area contributed by atoms with Crippen LogP contribution in [0.5, 0.6) is 5.75 Å². The van der Waals surface area contributed by atoms with E-state index in [2.05, 4.69) is 4.98 Å². The lowest BCUT2D eigenvalue weighted by molar-refractivity contribution is -0.132. The summed E-state index contributed by atoms with van der Waals surface area (Å²) < 4.78 is 6.45. The number of aromatic nitrogens is 1. The van der Waals surface area contributed by atoms with E-state index in [-0.39, 0.29) is 11.3 Å². The molecule has 2 heterocycles. The standard InChI is InChI=1S/C26H20N2O4S/c1-15-11-13-16(14-12-15)23(29)21-22(17-7-3-5-9-19(17)32-2)28(25(31)24(21)30)26-27-18-8-4-6-10-20(18)33-26/h3-14,22,29H,1-2H3/b23-21+/t22-/m1/s1. The van der Waals surface area contributed by atoms with E-state index < -0.39 is 17.7 Å². The molecule has 0 radical (unpaired) electrons. The normalized spacial score (nSPS) is 17.6. The van der Waals surface area contributed by atoms with Crippen LogP contribution in [0.4, 0.5) is 5.13 Å². The van der Waals surface area contributed by atoms with Crippen LogP contribution in [0.15, 0.2) is 78.4 Å². The Morgan fingerprint density at radius 1 is 1.00 bits per heavy atom. The number of anilines is 1. The third-order valence-corrected chi connectivity index (χ3v) is 6.73. The summed E-state index contributed by atoms with van der Waals surface area (Å²) >= 11 is 1.32. The molecule has 6 nitrogen and oxygen atoms in total. The lowest BCUT2D eigenvalue weighted by atomic mass is 9.94. The van der Waals surface area contributed by atoms with E-state index in [9.17, 15) is 14.7 Å². The van der Waals surface area contributed by atoms with Crippen molar-refractivity contribution in [3.8, 4) is 5.75 Å².